The van der Waals surface area contributed by atoms with Crippen molar-refractivity contribution in [2.75, 3.05) is 37.6 Å². The Morgan fingerprint density at radius 3 is 2.27 bits per heavy atom. The van der Waals surface area contributed by atoms with Crippen molar-refractivity contribution in [3.05, 3.63) is 30.3 Å². The molecule has 1 aromatic carbocycles. The topological polar surface area (TPSA) is 69.9 Å². The molecule has 144 valence electrons. The Hall–Kier alpha value is -1.63. The smallest absolute Gasteiger partial charge is 0.244 e. The van der Waals surface area contributed by atoms with E-state index in [2.05, 4.69) is 4.90 Å². The van der Waals surface area contributed by atoms with Gasteiger partial charge in [-0.25, -0.2) is 0 Å². The Bertz CT molecular complexity index is 617. The van der Waals surface area contributed by atoms with E-state index in [9.17, 15) is 9.59 Å². The molecule has 2 amide bonds. The zero-order valence-corrected chi connectivity index (χ0v) is 16.3. The van der Waals surface area contributed by atoms with E-state index in [4.69, 9.17) is 5.73 Å². The van der Waals surface area contributed by atoms with Crippen molar-refractivity contribution in [2.45, 2.75) is 32.4 Å². The maximum absolute atomic E-state index is 12.8. The van der Waals surface area contributed by atoms with Crippen molar-refractivity contribution < 1.29 is 9.59 Å². The van der Waals surface area contributed by atoms with Crippen molar-refractivity contribution in [1.82, 2.24) is 9.80 Å². The van der Waals surface area contributed by atoms with E-state index in [-0.39, 0.29) is 36.2 Å². The average Bonchev–Trinajstić information content (AvgIpc) is 3.02. The van der Waals surface area contributed by atoms with Gasteiger partial charge in [0, 0.05) is 38.4 Å². The third kappa shape index (κ3) is 4.19. The van der Waals surface area contributed by atoms with Gasteiger partial charge in [0.15, 0.2) is 0 Å². The molecule has 1 unspecified atom stereocenters. The molecule has 2 N–H and O–H groups in total. The zero-order chi connectivity index (χ0) is 18.0. The van der Waals surface area contributed by atoms with E-state index < -0.39 is 6.04 Å². The number of anilines is 1. The molecule has 2 atom stereocenters. The van der Waals surface area contributed by atoms with Crippen LogP contribution < -0.4 is 10.6 Å². The summed E-state index contributed by atoms with van der Waals surface area (Å²) < 4.78 is 0. The summed E-state index contributed by atoms with van der Waals surface area (Å²) in [6.45, 7) is 7.45. The second kappa shape index (κ2) is 8.84. The number of hydrogen-bond acceptors (Lipinski definition) is 4. The van der Waals surface area contributed by atoms with Gasteiger partial charge in [-0.05, 0) is 24.5 Å². The lowest BCUT2D eigenvalue weighted by Crippen LogP contribution is -2.57. The predicted octanol–water partition coefficient (Wildman–Crippen LogP) is 1.34. The molecule has 0 bridgehead atoms. The van der Waals surface area contributed by atoms with Crippen LogP contribution in [0.5, 0.6) is 0 Å². The van der Waals surface area contributed by atoms with Crippen LogP contribution in [0.25, 0.3) is 0 Å². The molecule has 6 nitrogen and oxygen atoms in total. The minimum absolute atomic E-state index is 0. The van der Waals surface area contributed by atoms with E-state index in [1.165, 1.54) is 0 Å². The van der Waals surface area contributed by atoms with Crippen LogP contribution >= 0.6 is 12.4 Å². The number of nitrogens with zero attached hydrogens (tertiary/aromatic N) is 3. The summed E-state index contributed by atoms with van der Waals surface area (Å²) in [5, 5.41) is 0. The molecule has 1 aromatic rings. The van der Waals surface area contributed by atoms with E-state index >= 15 is 0 Å². The fourth-order valence-corrected chi connectivity index (χ4v) is 3.62. The highest BCUT2D eigenvalue weighted by molar-refractivity contribution is 5.99. The number of piperazine rings is 1. The summed E-state index contributed by atoms with van der Waals surface area (Å²) in [6, 6.07) is 9.31. The highest BCUT2D eigenvalue weighted by Gasteiger charge is 2.38. The van der Waals surface area contributed by atoms with Gasteiger partial charge in [-0.3, -0.25) is 14.5 Å². The molecular formula is C19H29ClN4O2. The van der Waals surface area contributed by atoms with E-state index in [0.29, 0.717) is 13.1 Å². The molecule has 0 aromatic heterocycles. The number of nitrogens with two attached hydrogens (primary N) is 1. The largest absolute Gasteiger partial charge is 0.339 e. The van der Waals surface area contributed by atoms with Crippen molar-refractivity contribution >= 4 is 29.9 Å². The standard InChI is InChI=1S/C19H28N4O2.ClH/c1-14(2)17(20)19(25)22-12-10-21(11-13-22)16-8-9-23(18(16)24)15-6-4-3-5-7-15;/h3-7,14,16-17H,8-13,20H2,1-2H3;1H/t16?,17-;/m0./s1. The molecule has 2 heterocycles. The van der Waals surface area contributed by atoms with Gasteiger partial charge in [0.2, 0.25) is 11.8 Å². The maximum Gasteiger partial charge on any atom is 0.244 e. The Labute approximate surface area is 161 Å². The summed E-state index contributed by atoms with van der Waals surface area (Å²) >= 11 is 0. The second-order valence-corrected chi connectivity index (χ2v) is 7.26. The summed E-state index contributed by atoms with van der Waals surface area (Å²) in [7, 11) is 0. The molecule has 0 aliphatic carbocycles. The van der Waals surface area contributed by atoms with Crippen LogP contribution in [0.4, 0.5) is 5.69 Å². The molecular weight excluding hydrogens is 352 g/mol. The zero-order valence-electron chi connectivity index (χ0n) is 15.5. The number of benzene rings is 1. The summed E-state index contributed by atoms with van der Waals surface area (Å²) in [5.74, 6) is 0.338. The number of hydrogen-bond donors (Lipinski definition) is 1. The lowest BCUT2D eigenvalue weighted by molar-refractivity contribution is -0.136. The van der Waals surface area contributed by atoms with Gasteiger partial charge in [0.1, 0.15) is 0 Å². The van der Waals surface area contributed by atoms with Gasteiger partial charge < -0.3 is 15.5 Å². The summed E-state index contributed by atoms with van der Waals surface area (Å²) in [4.78, 5) is 31.1. The van der Waals surface area contributed by atoms with Gasteiger partial charge in [-0.15, -0.1) is 12.4 Å². The Kier molecular flexibility index (Phi) is 7.03. The Morgan fingerprint density at radius 1 is 1.08 bits per heavy atom. The van der Waals surface area contributed by atoms with Gasteiger partial charge in [-0.2, -0.15) is 0 Å². The lowest BCUT2D eigenvalue weighted by atomic mass is 10.0. The maximum atomic E-state index is 12.8. The van der Waals surface area contributed by atoms with Crippen LogP contribution in [0.1, 0.15) is 20.3 Å². The van der Waals surface area contributed by atoms with Crippen molar-refractivity contribution in [2.24, 2.45) is 11.7 Å². The highest BCUT2D eigenvalue weighted by Crippen LogP contribution is 2.25. The fourth-order valence-electron chi connectivity index (χ4n) is 3.62. The first-order chi connectivity index (χ1) is 12.0. The lowest BCUT2D eigenvalue weighted by Gasteiger charge is -2.38. The van der Waals surface area contributed by atoms with Crippen LogP contribution in [0.15, 0.2) is 30.3 Å². The van der Waals surface area contributed by atoms with Crippen LogP contribution in [-0.4, -0.2) is 66.4 Å². The van der Waals surface area contributed by atoms with Crippen LogP contribution in [0.2, 0.25) is 0 Å². The molecule has 2 aliphatic rings. The SMILES string of the molecule is CC(C)[C@H](N)C(=O)N1CCN(C2CCN(c3ccccc3)C2=O)CC1.Cl. The molecule has 26 heavy (non-hydrogen) atoms. The van der Waals surface area contributed by atoms with E-state index in [0.717, 1.165) is 31.7 Å². The quantitative estimate of drug-likeness (QED) is 0.855. The van der Waals surface area contributed by atoms with Crippen LogP contribution in [-0.2, 0) is 9.59 Å². The molecule has 0 saturated carbocycles. The third-order valence-electron chi connectivity index (χ3n) is 5.32. The highest BCUT2D eigenvalue weighted by atomic mass is 35.5. The van der Waals surface area contributed by atoms with E-state index in [1.807, 2.05) is 54.0 Å². The summed E-state index contributed by atoms with van der Waals surface area (Å²) in [6.07, 6.45) is 0.840. The van der Waals surface area contributed by atoms with Crippen molar-refractivity contribution in [3.8, 4) is 0 Å². The Balaban J connectivity index is 0.00000243. The molecule has 3 rings (SSSR count). The van der Waals surface area contributed by atoms with Crippen molar-refractivity contribution in [1.29, 1.82) is 0 Å². The minimum Gasteiger partial charge on any atom is -0.339 e. The number of carbonyl (C=O) groups excluding carboxylic acids is 2. The minimum atomic E-state index is -0.437. The van der Waals surface area contributed by atoms with Gasteiger partial charge >= 0.3 is 0 Å². The fraction of sp³-hybridized carbons (Fsp3) is 0.579. The van der Waals surface area contributed by atoms with Gasteiger partial charge in [0.25, 0.3) is 0 Å². The second-order valence-electron chi connectivity index (χ2n) is 7.26. The van der Waals surface area contributed by atoms with Gasteiger partial charge in [-0.1, -0.05) is 32.0 Å². The number of rotatable bonds is 4. The molecule has 2 saturated heterocycles. The van der Waals surface area contributed by atoms with Gasteiger partial charge in [0.05, 0.1) is 12.1 Å². The average molecular weight is 381 g/mol. The first-order valence-corrected chi connectivity index (χ1v) is 9.14. The first kappa shape index (κ1) is 20.7. The van der Waals surface area contributed by atoms with Crippen LogP contribution in [0.3, 0.4) is 0 Å². The normalized spacial score (nSPS) is 22.5. The number of halogens is 1. The van der Waals surface area contributed by atoms with Crippen LogP contribution in [0, 0.1) is 5.92 Å². The third-order valence-corrected chi connectivity index (χ3v) is 5.32. The molecule has 7 heteroatoms. The number of amides is 2. The first-order valence-electron chi connectivity index (χ1n) is 9.14. The molecule has 0 radical (unpaired) electrons. The molecule has 2 fully saturated rings. The monoisotopic (exact) mass is 380 g/mol. The van der Waals surface area contributed by atoms with E-state index in [1.54, 1.807) is 0 Å². The predicted molar refractivity (Wildman–Crippen MR) is 105 cm³/mol. The summed E-state index contributed by atoms with van der Waals surface area (Å²) in [5.41, 5.74) is 6.95. The van der Waals surface area contributed by atoms with Crippen molar-refractivity contribution in [3.63, 3.8) is 0 Å². The number of para-hydroxylation sites is 1. The number of carbonyl (C=O) groups is 2. The molecule has 2 aliphatic heterocycles. The Morgan fingerprint density at radius 2 is 1.69 bits per heavy atom. The molecule has 0 spiro atoms.